The predicted octanol–water partition coefficient (Wildman–Crippen LogP) is 2.33. The van der Waals surface area contributed by atoms with Gasteiger partial charge >= 0.3 is 0 Å². The molecule has 6 nitrogen and oxygen atoms in total. The number of halogens is 1. The number of aryl methyl sites for hydroxylation is 2. The van der Waals surface area contributed by atoms with Crippen molar-refractivity contribution >= 4 is 33.3 Å². The van der Waals surface area contributed by atoms with Crippen LogP contribution in [0.15, 0.2) is 22.7 Å². The smallest absolute Gasteiger partial charge is 0.256 e. The second-order valence-corrected chi connectivity index (χ2v) is 5.13. The van der Waals surface area contributed by atoms with Crippen LogP contribution in [0.4, 0.5) is 11.5 Å². The van der Waals surface area contributed by atoms with Crippen molar-refractivity contribution in [3.63, 3.8) is 0 Å². The second kappa shape index (κ2) is 5.54. The molecule has 0 saturated heterocycles. The number of nitrogens with zero attached hydrogens (tertiary/aromatic N) is 2. The Morgan fingerprint density at radius 1 is 1.50 bits per heavy atom. The molecule has 20 heavy (non-hydrogen) atoms. The van der Waals surface area contributed by atoms with E-state index in [-0.39, 0.29) is 5.91 Å². The molecule has 1 amide bonds. The van der Waals surface area contributed by atoms with Crippen LogP contribution in [0.1, 0.15) is 16.1 Å². The van der Waals surface area contributed by atoms with E-state index in [9.17, 15) is 4.79 Å². The summed E-state index contributed by atoms with van der Waals surface area (Å²) in [4.78, 5) is 12.2. The normalized spacial score (nSPS) is 10.4. The van der Waals surface area contributed by atoms with Gasteiger partial charge in [0.25, 0.3) is 5.91 Å². The minimum Gasteiger partial charge on any atom is -0.496 e. The number of ether oxygens (including phenoxy) is 1. The van der Waals surface area contributed by atoms with Gasteiger partial charge in [0, 0.05) is 12.6 Å². The highest BCUT2D eigenvalue weighted by molar-refractivity contribution is 9.10. The van der Waals surface area contributed by atoms with E-state index in [4.69, 9.17) is 10.5 Å². The number of carbonyl (C=O) groups excluding carboxylic acids is 1. The van der Waals surface area contributed by atoms with E-state index in [2.05, 4.69) is 26.3 Å². The Kier molecular flexibility index (Phi) is 3.99. The number of methoxy groups -OCH3 is 1. The molecule has 1 aromatic heterocycles. The van der Waals surface area contributed by atoms with Crippen LogP contribution in [0.2, 0.25) is 0 Å². The minimum atomic E-state index is -0.261. The first-order valence-electron chi connectivity index (χ1n) is 5.88. The fraction of sp³-hybridized carbons (Fsp3) is 0.231. The van der Waals surface area contributed by atoms with Gasteiger partial charge in [-0.1, -0.05) is 0 Å². The number of aromatic nitrogens is 2. The van der Waals surface area contributed by atoms with Gasteiger partial charge < -0.3 is 15.8 Å². The Bertz CT molecular complexity index is 667. The SMILES string of the molecule is COc1ccc(C(=O)Nc2c(N)c(C)nn2C)cc1Br. The summed E-state index contributed by atoms with van der Waals surface area (Å²) in [6.07, 6.45) is 0. The molecule has 0 saturated carbocycles. The van der Waals surface area contributed by atoms with Crippen LogP contribution < -0.4 is 15.8 Å². The molecule has 0 bridgehead atoms. The summed E-state index contributed by atoms with van der Waals surface area (Å²) in [6, 6.07) is 5.09. The predicted molar refractivity (Wildman–Crippen MR) is 81.0 cm³/mol. The average molecular weight is 339 g/mol. The van der Waals surface area contributed by atoms with Gasteiger partial charge in [-0.25, -0.2) is 0 Å². The van der Waals surface area contributed by atoms with Crippen molar-refractivity contribution in [2.24, 2.45) is 7.05 Å². The van der Waals surface area contributed by atoms with Crippen molar-refractivity contribution in [1.29, 1.82) is 0 Å². The van der Waals surface area contributed by atoms with Crippen molar-refractivity contribution in [1.82, 2.24) is 9.78 Å². The number of carbonyl (C=O) groups is 1. The number of nitrogen functional groups attached to an aromatic ring is 1. The Balaban J connectivity index is 2.26. The van der Waals surface area contributed by atoms with E-state index in [1.165, 1.54) is 0 Å². The molecule has 1 heterocycles. The Morgan fingerprint density at radius 2 is 2.20 bits per heavy atom. The van der Waals surface area contributed by atoms with E-state index in [1.54, 1.807) is 44.0 Å². The highest BCUT2D eigenvalue weighted by atomic mass is 79.9. The van der Waals surface area contributed by atoms with Crippen molar-refractivity contribution < 1.29 is 9.53 Å². The monoisotopic (exact) mass is 338 g/mol. The van der Waals surface area contributed by atoms with Crippen LogP contribution in [-0.2, 0) is 7.05 Å². The molecule has 2 aromatic rings. The van der Waals surface area contributed by atoms with Gasteiger partial charge in [-0.05, 0) is 41.1 Å². The van der Waals surface area contributed by atoms with Crippen molar-refractivity contribution in [2.45, 2.75) is 6.92 Å². The lowest BCUT2D eigenvalue weighted by atomic mass is 10.2. The molecular weight excluding hydrogens is 324 g/mol. The molecule has 0 atom stereocenters. The third-order valence-corrected chi connectivity index (χ3v) is 3.53. The molecule has 0 fully saturated rings. The fourth-order valence-corrected chi connectivity index (χ4v) is 2.35. The minimum absolute atomic E-state index is 0.261. The van der Waals surface area contributed by atoms with Gasteiger partial charge in [0.05, 0.1) is 23.0 Å². The molecule has 0 aliphatic rings. The molecule has 0 radical (unpaired) electrons. The quantitative estimate of drug-likeness (QED) is 0.899. The maximum Gasteiger partial charge on any atom is 0.256 e. The largest absolute Gasteiger partial charge is 0.496 e. The van der Waals surface area contributed by atoms with Crippen molar-refractivity contribution in [3.05, 3.63) is 33.9 Å². The van der Waals surface area contributed by atoms with E-state index in [1.807, 2.05) is 0 Å². The standard InChI is InChI=1S/C13H15BrN4O2/c1-7-11(15)12(18(2)17-7)16-13(19)8-4-5-10(20-3)9(14)6-8/h4-6H,15H2,1-3H3,(H,16,19). The molecular formula is C13H15BrN4O2. The molecule has 2 rings (SSSR count). The summed E-state index contributed by atoms with van der Waals surface area (Å²) in [6.45, 7) is 1.79. The van der Waals surface area contributed by atoms with Crippen molar-refractivity contribution in [3.8, 4) is 5.75 Å². The highest BCUT2D eigenvalue weighted by Crippen LogP contribution is 2.27. The summed E-state index contributed by atoms with van der Waals surface area (Å²) in [5, 5.41) is 6.91. The van der Waals surface area contributed by atoms with E-state index in [0.717, 1.165) is 0 Å². The number of hydrogen-bond donors (Lipinski definition) is 2. The number of benzene rings is 1. The lowest BCUT2D eigenvalue weighted by Gasteiger charge is -2.08. The van der Waals surface area contributed by atoms with Crippen LogP contribution >= 0.6 is 15.9 Å². The molecule has 106 valence electrons. The average Bonchev–Trinajstić information content (AvgIpc) is 2.65. The molecule has 0 aliphatic heterocycles. The summed E-state index contributed by atoms with van der Waals surface area (Å²) < 4.78 is 7.38. The molecule has 1 aromatic carbocycles. The fourth-order valence-electron chi connectivity index (χ4n) is 1.81. The first kappa shape index (κ1) is 14.4. The number of nitrogens with two attached hydrogens (primary N) is 1. The van der Waals surface area contributed by atoms with E-state index >= 15 is 0 Å². The van der Waals surface area contributed by atoms with Crippen LogP contribution in [0.5, 0.6) is 5.75 Å². The third-order valence-electron chi connectivity index (χ3n) is 2.91. The maximum absolute atomic E-state index is 12.2. The molecule has 7 heteroatoms. The first-order chi connectivity index (χ1) is 9.43. The molecule has 0 unspecified atom stereocenters. The Morgan fingerprint density at radius 3 is 2.70 bits per heavy atom. The number of nitrogens with one attached hydrogen (secondary N) is 1. The van der Waals surface area contributed by atoms with Crippen LogP contribution in [-0.4, -0.2) is 22.8 Å². The van der Waals surface area contributed by atoms with E-state index in [0.29, 0.717) is 33.0 Å². The lowest BCUT2D eigenvalue weighted by Crippen LogP contribution is -2.15. The zero-order valence-electron chi connectivity index (χ0n) is 11.4. The first-order valence-corrected chi connectivity index (χ1v) is 6.67. The van der Waals surface area contributed by atoms with Gasteiger partial charge in [-0.3, -0.25) is 9.48 Å². The zero-order chi connectivity index (χ0) is 14.9. The summed E-state index contributed by atoms with van der Waals surface area (Å²) >= 11 is 3.35. The lowest BCUT2D eigenvalue weighted by molar-refractivity contribution is 0.102. The molecule has 0 aliphatic carbocycles. The second-order valence-electron chi connectivity index (χ2n) is 4.27. The number of amides is 1. The zero-order valence-corrected chi connectivity index (χ0v) is 13.0. The Labute approximate surface area is 125 Å². The summed E-state index contributed by atoms with van der Waals surface area (Å²) in [7, 11) is 3.29. The van der Waals surface area contributed by atoms with E-state index < -0.39 is 0 Å². The van der Waals surface area contributed by atoms with Crippen molar-refractivity contribution in [2.75, 3.05) is 18.2 Å². The number of anilines is 2. The van der Waals surface area contributed by atoms with Gasteiger partial charge in [-0.2, -0.15) is 5.10 Å². The van der Waals surface area contributed by atoms with Gasteiger partial charge in [0.15, 0.2) is 5.82 Å². The summed E-state index contributed by atoms with van der Waals surface area (Å²) in [5.74, 6) is 0.889. The van der Waals surface area contributed by atoms with Gasteiger partial charge in [0.1, 0.15) is 5.75 Å². The van der Waals surface area contributed by atoms with Crippen LogP contribution in [0.25, 0.3) is 0 Å². The molecule has 0 spiro atoms. The van der Waals surface area contributed by atoms with Crippen LogP contribution in [0.3, 0.4) is 0 Å². The summed E-state index contributed by atoms with van der Waals surface area (Å²) in [5.41, 5.74) is 7.52. The topological polar surface area (TPSA) is 82.2 Å². The van der Waals surface area contributed by atoms with Gasteiger partial charge in [-0.15, -0.1) is 0 Å². The molecule has 3 N–H and O–H groups in total. The maximum atomic E-state index is 12.2. The number of hydrogen-bond acceptors (Lipinski definition) is 4. The third kappa shape index (κ3) is 2.62. The Hall–Kier alpha value is -2.02. The highest BCUT2D eigenvalue weighted by Gasteiger charge is 2.15. The van der Waals surface area contributed by atoms with Crippen LogP contribution in [0, 0.1) is 6.92 Å². The van der Waals surface area contributed by atoms with Gasteiger partial charge in [0.2, 0.25) is 0 Å². The number of rotatable bonds is 3.